The molecule has 0 aromatic heterocycles. The van der Waals surface area contributed by atoms with Crippen LogP contribution in [0, 0.1) is 0 Å². The minimum atomic E-state index is -4.36. The maximum atomic E-state index is 13.7. The second-order valence-corrected chi connectivity index (χ2v) is 14.0. The molecule has 0 aliphatic heterocycles. The Kier molecular flexibility index (Phi) is 8.39. The maximum absolute atomic E-state index is 13.7. The fourth-order valence-corrected chi connectivity index (χ4v) is 3.67. The first-order valence-corrected chi connectivity index (χ1v) is 12.7. The molecular formula is C19H31BrF3NOSi. The molecule has 0 spiro atoms. The molecule has 1 aromatic rings. The van der Waals surface area contributed by atoms with E-state index in [2.05, 4.69) is 55.1 Å². The summed E-state index contributed by atoms with van der Waals surface area (Å²) >= 11 is 3.27. The second kappa shape index (κ2) is 9.21. The zero-order valence-electron chi connectivity index (χ0n) is 16.5. The highest BCUT2D eigenvalue weighted by atomic mass is 79.9. The summed E-state index contributed by atoms with van der Waals surface area (Å²) in [5.41, 5.74) is 0.217. The van der Waals surface area contributed by atoms with Gasteiger partial charge >= 0.3 is 6.18 Å². The maximum Gasteiger partial charge on any atom is 0.407 e. The first kappa shape index (κ1) is 23.7. The van der Waals surface area contributed by atoms with Gasteiger partial charge in [-0.1, -0.05) is 62.2 Å². The second-order valence-electron chi connectivity index (χ2n) is 8.25. The van der Waals surface area contributed by atoms with Crippen LogP contribution in [0.15, 0.2) is 28.7 Å². The Labute approximate surface area is 165 Å². The molecule has 2 nitrogen and oxygen atoms in total. The van der Waals surface area contributed by atoms with E-state index < -0.39 is 20.5 Å². The van der Waals surface area contributed by atoms with Gasteiger partial charge in [-0.15, -0.1) is 0 Å². The molecule has 1 aromatic carbocycles. The summed E-state index contributed by atoms with van der Waals surface area (Å²) in [5, 5.41) is 2.84. The molecule has 26 heavy (non-hydrogen) atoms. The van der Waals surface area contributed by atoms with Gasteiger partial charge < -0.3 is 4.43 Å². The van der Waals surface area contributed by atoms with Crippen LogP contribution in [0.3, 0.4) is 0 Å². The van der Waals surface area contributed by atoms with Gasteiger partial charge in [0.1, 0.15) is 6.04 Å². The van der Waals surface area contributed by atoms with E-state index in [1.807, 2.05) is 6.92 Å². The molecule has 0 saturated carbocycles. The molecule has 0 radical (unpaired) electrons. The number of alkyl halides is 3. The van der Waals surface area contributed by atoms with E-state index in [0.717, 1.165) is 10.9 Å². The van der Waals surface area contributed by atoms with Crippen LogP contribution in [0.25, 0.3) is 0 Å². The molecular weight excluding hydrogens is 423 g/mol. The van der Waals surface area contributed by atoms with Gasteiger partial charge in [-0.3, -0.25) is 5.32 Å². The Bertz CT molecular complexity index is 555. The molecule has 1 rings (SSSR count). The lowest BCUT2D eigenvalue weighted by atomic mass is 10.0. The highest BCUT2D eigenvalue weighted by Gasteiger charge is 2.42. The Hall–Kier alpha value is -0.373. The summed E-state index contributed by atoms with van der Waals surface area (Å²) in [7, 11) is -2.01. The van der Waals surface area contributed by atoms with Crippen molar-refractivity contribution in [1.29, 1.82) is 0 Å². The van der Waals surface area contributed by atoms with Crippen molar-refractivity contribution in [2.75, 3.05) is 6.61 Å². The van der Waals surface area contributed by atoms with Crippen LogP contribution >= 0.6 is 15.9 Å². The van der Waals surface area contributed by atoms with Gasteiger partial charge in [-0.2, -0.15) is 13.2 Å². The first-order valence-electron chi connectivity index (χ1n) is 9.00. The third-order valence-corrected chi connectivity index (χ3v) is 10.1. The summed E-state index contributed by atoms with van der Waals surface area (Å²) in [5.74, 6) is 0. The number of hydrogen-bond acceptors (Lipinski definition) is 2. The smallest absolute Gasteiger partial charge is 0.407 e. The molecule has 0 aliphatic rings. The van der Waals surface area contributed by atoms with Crippen molar-refractivity contribution in [3.05, 3.63) is 34.3 Å². The molecule has 1 N–H and O–H groups in total. The average Bonchev–Trinajstić information content (AvgIpc) is 2.49. The Morgan fingerprint density at radius 3 is 2.08 bits per heavy atom. The molecule has 0 bridgehead atoms. The number of benzene rings is 1. The van der Waals surface area contributed by atoms with Crippen molar-refractivity contribution in [2.24, 2.45) is 0 Å². The molecule has 1 unspecified atom stereocenters. The van der Waals surface area contributed by atoms with Crippen LogP contribution in [0.1, 0.15) is 52.1 Å². The number of halogens is 4. The van der Waals surface area contributed by atoms with E-state index in [1.54, 1.807) is 12.1 Å². The van der Waals surface area contributed by atoms with E-state index in [4.69, 9.17) is 4.43 Å². The van der Waals surface area contributed by atoms with E-state index in [9.17, 15) is 13.2 Å². The predicted molar refractivity (Wildman–Crippen MR) is 108 cm³/mol. The third-order valence-electron chi connectivity index (χ3n) is 5.02. The summed E-state index contributed by atoms with van der Waals surface area (Å²) in [4.78, 5) is 0. The summed E-state index contributed by atoms with van der Waals surface area (Å²) < 4.78 is 47.9. The number of hydrogen-bond donors (Lipinski definition) is 1. The molecule has 7 heteroatoms. The van der Waals surface area contributed by atoms with Crippen LogP contribution in [0.2, 0.25) is 18.1 Å². The normalized spacial score (nSPS) is 15.8. The Morgan fingerprint density at radius 1 is 1.12 bits per heavy atom. The largest absolute Gasteiger partial charge is 0.415 e. The van der Waals surface area contributed by atoms with Gasteiger partial charge in [0.2, 0.25) is 0 Å². The summed E-state index contributed by atoms with van der Waals surface area (Å²) in [6, 6.07) is 4.24. The zero-order chi connectivity index (χ0) is 20.2. The lowest BCUT2D eigenvalue weighted by Crippen LogP contribution is -2.47. The van der Waals surface area contributed by atoms with Crippen molar-refractivity contribution >= 4 is 24.2 Å². The minimum Gasteiger partial charge on any atom is -0.415 e. The Morgan fingerprint density at radius 2 is 1.65 bits per heavy atom. The first-order chi connectivity index (χ1) is 11.8. The predicted octanol–water partition coefficient (Wildman–Crippen LogP) is 6.83. The van der Waals surface area contributed by atoms with Crippen molar-refractivity contribution in [3.63, 3.8) is 0 Å². The molecule has 150 valence electrons. The molecule has 0 aliphatic carbocycles. The molecule has 0 amide bonds. The molecule has 0 saturated heterocycles. The Balaban J connectivity index is 2.95. The number of rotatable bonds is 8. The van der Waals surface area contributed by atoms with Gasteiger partial charge in [-0.05, 0) is 42.2 Å². The van der Waals surface area contributed by atoms with Crippen molar-refractivity contribution < 1.29 is 17.6 Å². The topological polar surface area (TPSA) is 21.3 Å². The summed E-state index contributed by atoms with van der Waals surface area (Å²) in [6.45, 7) is 12.9. The van der Waals surface area contributed by atoms with Crippen LogP contribution in [0.4, 0.5) is 13.2 Å². The van der Waals surface area contributed by atoms with Gasteiger partial charge in [0.15, 0.2) is 8.32 Å². The third kappa shape index (κ3) is 6.98. The van der Waals surface area contributed by atoms with Crippen LogP contribution in [-0.2, 0) is 4.43 Å². The number of nitrogens with one attached hydrogen (secondary N) is 1. The molecule has 0 fully saturated rings. The monoisotopic (exact) mass is 453 g/mol. The van der Waals surface area contributed by atoms with Gasteiger partial charge in [0.05, 0.1) is 0 Å². The van der Waals surface area contributed by atoms with Gasteiger partial charge in [0, 0.05) is 17.1 Å². The lowest BCUT2D eigenvalue weighted by molar-refractivity contribution is -0.160. The van der Waals surface area contributed by atoms with Crippen LogP contribution < -0.4 is 5.32 Å². The average molecular weight is 454 g/mol. The van der Waals surface area contributed by atoms with E-state index >= 15 is 0 Å². The fourth-order valence-electron chi connectivity index (χ4n) is 2.36. The minimum absolute atomic E-state index is 0.0267. The van der Waals surface area contributed by atoms with Gasteiger partial charge in [-0.25, -0.2) is 0 Å². The fraction of sp³-hybridized carbons (Fsp3) is 0.684. The standard InChI is InChI=1S/C19H31BrF3NOSi/c1-7-8-16(13-25-26(5,6)18(2,3)4)24-17(19(21,22)23)14-9-11-15(20)12-10-14/h9-12,16-17,24H,7-8,13H2,1-6H3/t16?,17-/m0/s1. The van der Waals surface area contributed by atoms with Crippen molar-refractivity contribution in [1.82, 2.24) is 5.32 Å². The summed E-state index contributed by atoms with van der Waals surface area (Å²) in [6.07, 6.45) is -2.93. The van der Waals surface area contributed by atoms with Gasteiger partial charge in [0.25, 0.3) is 0 Å². The van der Waals surface area contributed by atoms with Crippen molar-refractivity contribution in [3.8, 4) is 0 Å². The molecule has 2 atom stereocenters. The van der Waals surface area contributed by atoms with Crippen LogP contribution in [-0.4, -0.2) is 27.1 Å². The van der Waals surface area contributed by atoms with E-state index in [1.165, 1.54) is 12.1 Å². The molecule has 0 heterocycles. The lowest BCUT2D eigenvalue weighted by Gasteiger charge is -2.38. The van der Waals surface area contributed by atoms with E-state index in [-0.39, 0.29) is 16.6 Å². The van der Waals surface area contributed by atoms with Crippen molar-refractivity contribution in [2.45, 2.75) is 76.9 Å². The highest BCUT2D eigenvalue weighted by molar-refractivity contribution is 9.10. The zero-order valence-corrected chi connectivity index (χ0v) is 19.1. The highest BCUT2D eigenvalue weighted by Crippen LogP contribution is 2.37. The van der Waals surface area contributed by atoms with Crippen LogP contribution in [0.5, 0.6) is 0 Å². The van der Waals surface area contributed by atoms with E-state index in [0.29, 0.717) is 13.0 Å². The quantitative estimate of drug-likeness (QED) is 0.435. The SMILES string of the molecule is CCCC(CO[Si](C)(C)C(C)(C)C)N[C@@H](c1ccc(Br)cc1)C(F)(F)F.